The normalized spacial score (nSPS) is 14.2. The molecule has 1 unspecified atom stereocenters. The highest BCUT2D eigenvalue weighted by molar-refractivity contribution is 5.55. The van der Waals surface area contributed by atoms with Gasteiger partial charge in [-0.05, 0) is 6.07 Å². The summed E-state index contributed by atoms with van der Waals surface area (Å²) < 4.78 is 2.02. The third-order valence-electron chi connectivity index (χ3n) is 2.86. The van der Waals surface area contributed by atoms with Crippen LogP contribution in [0, 0.1) is 0 Å². The lowest BCUT2D eigenvalue weighted by Gasteiger charge is -2.17. The van der Waals surface area contributed by atoms with Crippen LogP contribution in [0.2, 0.25) is 0 Å². The van der Waals surface area contributed by atoms with Crippen LogP contribution in [0.3, 0.4) is 0 Å². The van der Waals surface area contributed by atoms with Crippen molar-refractivity contribution < 1.29 is 5.11 Å². The highest BCUT2D eigenvalue weighted by Crippen LogP contribution is 2.25. The number of pyridine rings is 1. The summed E-state index contributed by atoms with van der Waals surface area (Å²) in [6, 6.07) is 3.80. The molecule has 0 fully saturated rings. The SMILES string of the molecule is CC(C)(C)c1ncc2c(C(O)CN)cccn12. The molecule has 0 aliphatic rings. The summed E-state index contributed by atoms with van der Waals surface area (Å²) in [5, 5.41) is 9.87. The maximum Gasteiger partial charge on any atom is 0.118 e. The van der Waals surface area contributed by atoms with Crippen molar-refractivity contribution in [2.24, 2.45) is 5.73 Å². The van der Waals surface area contributed by atoms with Gasteiger partial charge in [-0.3, -0.25) is 0 Å². The standard InChI is InChI=1S/C13H19N3O/c1-13(2,3)12-15-8-10-9(11(17)7-14)5-4-6-16(10)12/h4-6,8,11,17H,7,14H2,1-3H3. The highest BCUT2D eigenvalue weighted by Gasteiger charge is 2.21. The fraction of sp³-hybridized carbons (Fsp3) is 0.462. The Hall–Kier alpha value is -1.39. The number of hydrogen-bond donors (Lipinski definition) is 2. The molecule has 0 bridgehead atoms. The lowest BCUT2D eigenvalue weighted by molar-refractivity contribution is 0.188. The molecule has 17 heavy (non-hydrogen) atoms. The molecule has 2 aromatic rings. The number of rotatable bonds is 2. The largest absolute Gasteiger partial charge is 0.387 e. The molecule has 2 heterocycles. The molecular weight excluding hydrogens is 214 g/mol. The molecular formula is C13H19N3O. The summed E-state index contributed by atoms with van der Waals surface area (Å²) in [5.74, 6) is 0.985. The molecule has 2 rings (SSSR count). The molecule has 92 valence electrons. The van der Waals surface area contributed by atoms with E-state index < -0.39 is 6.10 Å². The van der Waals surface area contributed by atoms with Gasteiger partial charge in [-0.2, -0.15) is 0 Å². The van der Waals surface area contributed by atoms with Gasteiger partial charge in [0.05, 0.1) is 17.8 Å². The van der Waals surface area contributed by atoms with E-state index in [0.29, 0.717) is 0 Å². The predicted molar refractivity (Wildman–Crippen MR) is 67.9 cm³/mol. The fourth-order valence-corrected chi connectivity index (χ4v) is 2.01. The van der Waals surface area contributed by atoms with E-state index in [4.69, 9.17) is 5.73 Å². The summed E-state index contributed by atoms with van der Waals surface area (Å²) in [5.41, 5.74) is 7.24. The first-order chi connectivity index (χ1) is 7.95. The van der Waals surface area contributed by atoms with Crippen LogP contribution in [0.5, 0.6) is 0 Å². The Morgan fingerprint density at radius 2 is 2.18 bits per heavy atom. The maximum absolute atomic E-state index is 9.87. The van der Waals surface area contributed by atoms with Crippen molar-refractivity contribution in [1.82, 2.24) is 9.38 Å². The van der Waals surface area contributed by atoms with Crippen molar-refractivity contribution >= 4 is 5.52 Å². The molecule has 0 amide bonds. The number of aliphatic hydroxyl groups excluding tert-OH is 1. The van der Waals surface area contributed by atoms with Crippen LogP contribution in [0.1, 0.15) is 38.3 Å². The monoisotopic (exact) mass is 233 g/mol. The second kappa shape index (κ2) is 4.13. The first kappa shape index (κ1) is 12.1. The van der Waals surface area contributed by atoms with Gasteiger partial charge in [-0.15, -0.1) is 0 Å². The van der Waals surface area contributed by atoms with Crippen LogP contribution in [-0.4, -0.2) is 21.0 Å². The smallest absolute Gasteiger partial charge is 0.118 e. The Labute approximate surface area is 101 Å². The van der Waals surface area contributed by atoms with Gasteiger partial charge in [0.15, 0.2) is 0 Å². The van der Waals surface area contributed by atoms with E-state index in [0.717, 1.165) is 16.9 Å². The number of nitrogens with two attached hydrogens (primary N) is 1. The van der Waals surface area contributed by atoms with Crippen LogP contribution in [0.25, 0.3) is 5.52 Å². The highest BCUT2D eigenvalue weighted by atomic mass is 16.3. The van der Waals surface area contributed by atoms with E-state index in [1.54, 1.807) is 6.20 Å². The van der Waals surface area contributed by atoms with Gasteiger partial charge in [-0.25, -0.2) is 4.98 Å². The number of imidazole rings is 1. The fourth-order valence-electron chi connectivity index (χ4n) is 2.01. The number of nitrogens with zero attached hydrogens (tertiary/aromatic N) is 2. The minimum Gasteiger partial charge on any atom is -0.387 e. The van der Waals surface area contributed by atoms with Crippen LogP contribution in [-0.2, 0) is 5.41 Å². The molecule has 4 nitrogen and oxygen atoms in total. The Kier molecular flexibility index (Phi) is 2.93. The zero-order valence-electron chi connectivity index (χ0n) is 10.5. The molecule has 0 saturated carbocycles. The lowest BCUT2D eigenvalue weighted by atomic mass is 9.96. The Morgan fingerprint density at radius 3 is 2.76 bits per heavy atom. The minimum absolute atomic E-state index is 0.0291. The first-order valence-corrected chi connectivity index (χ1v) is 5.79. The molecule has 0 spiro atoms. The average molecular weight is 233 g/mol. The molecule has 0 aliphatic carbocycles. The summed E-state index contributed by atoms with van der Waals surface area (Å²) in [7, 11) is 0. The zero-order valence-corrected chi connectivity index (χ0v) is 10.5. The van der Waals surface area contributed by atoms with Crippen LogP contribution in [0.15, 0.2) is 24.5 Å². The van der Waals surface area contributed by atoms with E-state index in [9.17, 15) is 5.11 Å². The summed E-state index contributed by atoms with van der Waals surface area (Å²) in [6.07, 6.45) is 3.13. The Balaban J connectivity index is 2.65. The minimum atomic E-state index is -0.636. The molecule has 2 aromatic heterocycles. The molecule has 0 radical (unpaired) electrons. The number of fused-ring (bicyclic) bond motifs is 1. The van der Waals surface area contributed by atoms with Gasteiger partial charge >= 0.3 is 0 Å². The van der Waals surface area contributed by atoms with Gasteiger partial charge in [0.2, 0.25) is 0 Å². The van der Waals surface area contributed by atoms with Gasteiger partial charge < -0.3 is 15.2 Å². The van der Waals surface area contributed by atoms with Crippen LogP contribution in [0.4, 0.5) is 0 Å². The zero-order chi connectivity index (χ0) is 12.6. The van der Waals surface area contributed by atoms with Crippen molar-refractivity contribution in [3.05, 3.63) is 35.9 Å². The quantitative estimate of drug-likeness (QED) is 0.828. The average Bonchev–Trinajstić information content (AvgIpc) is 2.70. The second-order valence-corrected chi connectivity index (χ2v) is 5.30. The third-order valence-corrected chi connectivity index (χ3v) is 2.86. The Bertz CT molecular complexity index is 525. The van der Waals surface area contributed by atoms with Crippen LogP contribution < -0.4 is 5.73 Å². The molecule has 1 atom stereocenters. The second-order valence-electron chi connectivity index (χ2n) is 5.30. The van der Waals surface area contributed by atoms with Crippen molar-refractivity contribution in [1.29, 1.82) is 0 Å². The maximum atomic E-state index is 9.87. The number of hydrogen-bond acceptors (Lipinski definition) is 3. The van der Waals surface area contributed by atoms with Crippen molar-refractivity contribution in [3.63, 3.8) is 0 Å². The van der Waals surface area contributed by atoms with Crippen molar-refractivity contribution in [2.75, 3.05) is 6.54 Å². The molecule has 0 saturated heterocycles. The lowest BCUT2D eigenvalue weighted by Crippen LogP contribution is -2.16. The van der Waals surface area contributed by atoms with Crippen LogP contribution >= 0.6 is 0 Å². The number of aromatic nitrogens is 2. The molecule has 4 heteroatoms. The van der Waals surface area contributed by atoms with E-state index in [1.807, 2.05) is 22.7 Å². The molecule has 3 N–H and O–H groups in total. The van der Waals surface area contributed by atoms with Crippen molar-refractivity contribution in [2.45, 2.75) is 32.3 Å². The van der Waals surface area contributed by atoms with Gasteiger partial charge in [0.25, 0.3) is 0 Å². The van der Waals surface area contributed by atoms with Crippen molar-refractivity contribution in [3.8, 4) is 0 Å². The predicted octanol–water partition coefficient (Wildman–Crippen LogP) is 1.62. The topological polar surface area (TPSA) is 63.5 Å². The molecule has 0 aromatic carbocycles. The molecule has 0 aliphatic heterocycles. The van der Waals surface area contributed by atoms with E-state index in [-0.39, 0.29) is 12.0 Å². The van der Waals surface area contributed by atoms with E-state index in [1.165, 1.54) is 0 Å². The van der Waals surface area contributed by atoms with E-state index >= 15 is 0 Å². The van der Waals surface area contributed by atoms with E-state index in [2.05, 4.69) is 25.8 Å². The first-order valence-electron chi connectivity index (χ1n) is 5.79. The summed E-state index contributed by atoms with van der Waals surface area (Å²) in [4.78, 5) is 4.45. The Morgan fingerprint density at radius 1 is 1.47 bits per heavy atom. The van der Waals surface area contributed by atoms with Gasteiger partial charge in [-0.1, -0.05) is 26.8 Å². The van der Waals surface area contributed by atoms with Gasteiger partial charge in [0.1, 0.15) is 5.82 Å². The third kappa shape index (κ3) is 2.06. The summed E-state index contributed by atoms with van der Waals surface area (Å²) in [6.45, 7) is 6.57. The summed E-state index contributed by atoms with van der Waals surface area (Å²) >= 11 is 0. The van der Waals surface area contributed by atoms with Gasteiger partial charge in [0, 0.05) is 23.7 Å². The number of aliphatic hydroxyl groups is 1.